The molecule has 6 radical (unpaired) electrons. The molecule has 0 aromatic carbocycles. The number of hydrogen-bond acceptors (Lipinski definition) is 2. The van der Waals surface area contributed by atoms with E-state index in [1.807, 2.05) is 0 Å². The SMILES string of the molecule is O=C[C]1[CH][CH][CH][C]1CO.[C-]#[O+].[C-]#[O+].[C-]#[O+].[Mn]. The summed E-state index contributed by atoms with van der Waals surface area (Å²) in [6.45, 7) is 13.4. The summed E-state index contributed by atoms with van der Waals surface area (Å²) in [4.78, 5) is 10.1. The zero-order valence-corrected chi connectivity index (χ0v) is 9.16. The average molecular weight is 262 g/mol. The van der Waals surface area contributed by atoms with Crippen molar-refractivity contribution in [3.05, 3.63) is 51.0 Å². The number of aliphatic hydroxyl groups excluding tert-OH is 1. The van der Waals surface area contributed by atoms with Crippen molar-refractivity contribution >= 4 is 6.29 Å². The second kappa shape index (κ2) is 23.9. The topological polar surface area (TPSA) is 97.0 Å². The Morgan fingerprint density at radius 3 is 1.81 bits per heavy atom. The molecule has 0 heterocycles. The van der Waals surface area contributed by atoms with Crippen molar-refractivity contribution in [2.45, 2.75) is 0 Å². The molecule has 0 spiro atoms. The molecule has 1 saturated carbocycles. The van der Waals surface area contributed by atoms with Crippen molar-refractivity contribution in [1.29, 1.82) is 0 Å². The van der Waals surface area contributed by atoms with E-state index >= 15 is 0 Å². The predicted octanol–water partition coefficient (Wildman–Crippen LogP) is -0.162. The van der Waals surface area contributed by atoms with Crippen molar-refractivity contribution in [2.24, 2.45) is 0 Å². The van der Waals surface area contributed by atoms with Gasteiger partial charge >= 0.3 is 33.9 Å². The van der Waals surface area contributed by atoms with Gasteiger partial charge in [-0.1, -0.05) is 0 Å². The standard InChI is InChI=1S/C7H7O2.3CO.Mn/c8-4-6-2-1-3-7(6)5-9;3*1-2;/h1-4,9H,5H2;;;;. The molecule has 0 bridgehead atoms. The Morgan fingerprint density at radius 2 is 1.56 bits per heavy atom. The maximum Gasteiger partial charge on any atom is 0 e. The molecule has 1 N–H and O–H groups in total. The second-order valence-electron chi connectivity index (χ2n) is 1.78. The van der Waals surface area contributed by atoms with Crippen LogP contribution in [0.15, 0.2) is 0 Å². The predicted molar refractivity (Wildman–Crippen MR) is 44.3 cm³/mol. The smallest absolute Gasteiger partial charge is 0 e. The zero-order chi connectivity index (χ0) is 12.7. The molecule has 1 aliphatic rings. The molecule has 16 heavy (non-hydrogen) atoms. The largest absolute Gasteiger partial charge is 0 e. The third kappa shape index (κ3) is 11.4. The van der Waals surface area contributed by atoms with Gasteiger partial charge in [-0.15, -0.1) is 0 Å². The molecular weight excluding hydrogens is 255 g/mol. The fourth-order valence-corrected chi connectivity index (χ4v) is 0.730. The molecule has 0 aromatic heterocycles. The van der Waals surface area contributed by atoms with E-state index in [0.717, 1.165) is 6.29 Å². The fourth-order valence-electron chi connectivity index (χ4n) is 0.730. The van der Waals surface area contributed by atoms with Crippen molar-refractivity contribution < 1.29 is 40.9 Å². The minimum atomic E-state index is -0.0545. The van der Waals surface area contributed by atoms with E-state index < -0.39 is 0 Å². The number of hydrogen-bond donors (Lipinski definition) is 1. The Labute approximate surface area is 105 Å². The van der Waals surface area contributed by atoms with Gasteiger partial charge in [0.2, 0.25) is 0 Å². The van der Waals surface area contributed by atoms with Crippen molar-refractivity contribution in [2.75, 3.05) is 6.61 Å². The minimum absolute atomic E-state index is 0. The number of carbonyl (C=O) groups is 1. The molecule has 6 heteroatoms. The molecule has 0 aromatic rings. The van der Waals surface area contributed by atoms with E-state index in [9.17, 15) is 4.79 Å². The van der Waals surface area contributed by atoms with Gasteiger partial charge in [-0.05, 0) is 19.3 Å². The first-order valence-corrected chi connectivity index (χ1v) is 3.30. The normalized spacial score (nSPS) is 13.2. The van der Waals surface area contributed by atoms with E-state index in [0.29, 0.717) is 11.8 Å². The van der Waals surface area contributed by atoms with Crippen LogP contribution in [0, 0.1) is 51.0 Å². The molecule has 84 valence electrons. The van der Waals surface area contributed by atoms with Crippen LogP contribution >= 0.6 is 0 Å². The first kappa shape index (κ1) is 24.6. The van der Waals surface area contributed by atoms with Crippen LogP contribution in [-0.2, 0) is 35.8 Å². The Morgan fingerprint density at radius 1 is 1.12 bits per heavy atom. The third-order valence-corrected chi connectivity index (χ3v) is 1.24. The Bertz CT molecular complexity index is 185. The molecule has 1 rings (SSSR count). The number of aliphatic hydroxyl groups is 1. The first-order chi connectivity index (χ1) is 7.38. The van der Waals surface area contributed by atoms with Crippen LogP contribution < -0.4 is 0 Å². The fraction of sp³-hybridized carbons (Fsp3) is 0.100. The number of carbonyl (C=O) groups excluding carboxylic acids is 1. The monoisotopic (exact) mass is 262 g/mol. The quantitative estimate of drug-likeness (QED) is 0.324. The van der Waals surface area contributed by atoms with Crippen LogP contribution in [-0.4, -0.2) is 18.0 Å². The van der Waals surface area contributed by atoms with Gasteiger partial charge in [-0.25, -0.2) is 0 Å². The molecular formula is C10H7MnO5. The van der Waals surface area contributed by atoms with Gasteiger partial charge in [0, 0.05) is 23.0 Å². The Balaban J connectivity index is -0.0000000900. The van der Waals surface area contributed by atoms with Gasteiger partial charge in [-0.2, -0.15) is 0 Å². The summed E-state index contributed by atoms with van der Waals surface area (Å²) in [5.74, 6) is 1.28. The van der Waals surface area contributed by atoms with Crippen molar-refractivity contribution in [3.8, 4) is 0 Å². The van der Waals surface area contributed by atoms with E-state index in [2.05, 4.69) is 20.0 Å². The van der Waals surface area contributed by atoms with Crippen LogP contribution in [0.25, 0.3) is 0 Å². The van der Waals surface area contributed by atoms with Gasteiger partial charge in [-0.3, -0.25) is 0 Å². The molecule has 0 amide bonds. The summed E-state index contributed by atoms with van der Waals surface area (Å²) in [5.41, 5.74) is 0. The summed E-state index contributed by atoms with van der Waals surface area (Å²) in [7, 11) is 0. The Hall–Kier alpha value is -0.631. The van der Waals surface area contributed by atoms with Crippen molar-refractivity contribution in [1.82, 2.24) is 0 Å². The second-order valence-corrected chi connectivity index (χ2v) is 1.78. The summed E-state index contributed by atoms with van der Waals surface area (Å²) in [6.07, 6.45) is 5.89. The van der Waals surface area contributed by atoms with Gasteiger partial charge in [0.25, 0.3) is 0 Å². The minimum Gasteiger partial charge on any atom is 0 e. The van der Waals surface area contributed by atoms with Gasteiger partial charge in [0.1, 0.15) is 6.29 Å². The number of rotatable bonds is 2. The molecule has 0 atom stereocenters. The Kier molecular flexibility index (Phi) is 36.7. The van der Waals surface area contributed by atoms with E-state index in [1.165, 1.54) is 0 Å². The average Bonchev–Trinajstić information content (AvgIpc) is 2.84. The molecule has 0 aliphatic heterocycles. The molecule has 1 aliphatic carbocycles. The van der Waals surface area contributed by atoms with E-state index in [-0.39, 0.29) is 23.7 Å². The van der Waals surface area contributed by atoms with Crippen LogP contribution in [0.2, 0.25) is 0 Å². The number of aldehydes is 1. The summed E-state index contributed by atoms with van der Waals surface area (Å²) < 4.78 is 22.5. The third-order valence-electron chi connectivity index (χ3n) is 1.24. The maximum atomic E-state index is 10.1. The van der Waals surface area contributed by atoms with Gasteiger partial charge in [0.15, 0.2) is 0 Å². The molecule has 0 saturated heterocycles. The van der Waals surface area contributed by atoms with Crippen LogP contribution in [0.1, 0.15) is 0 Å². The van der Waals surface area contributed by atoms with Crippen LogP contribution in [0.4, 0.5) is 0 Å². The van der Waals surface area contributed by atoms with Crippen LogP contribution in [0.3, 0.4) is 0 Å². The van der Waals surface area contributed by atoms with Gasteiger partial charge < -0.3 is 9.90 Å². The van der Waals surface area contributed by atoms with E-state index in [4.69, 9.17) is 19.1 Å². The summed E-state index contributed by atoms with van der Waals surface area (Å²) in [6, 6.07) is 0. The molecule has 0 unspecified atom stereocenters. The summed E-state index contributed by atoms with van der Waals surface area (Å²) >= 11 is 0. The van der Waals surface area contributed by atoms with Gasteiger partial charge in [0.05, 0.1) is 12.5 Å². The maximum absolute atomic E-state index is 10.1. The molecule has 1 fully saturated rings. The summed E-state index contributed by atoms with van der Waals surface area (Å²) in [5, 5.41) is 8.58. The van der Waals surface area contributed by atoms with Crippen LogP contribution in [0.5, 0.6) is 0 Å². The zero-order valence-electron chi connectivity index (χ0n) is 7.97. The van der Waals surface area contributed by atoms with Crippen molar-refractivity contribution in [3.63, 3.8) is 0 Å². The first-order valence-electron chi connectivity index (χ1n) is 3.30. The van der Waals surface area contributed by atoms with E-state index in [1.54, 1.807) is 19.3 Å². The molecule has 5 nitrogen and oxygen atoms in total.